The summed E-state index contributed by atoms with van der Waals surface area (Å²) in [6.07, 6.45) is 0.381. The number of benzene rings is 1. The van der Waals surface area contributed by atoms with Gasteiger partial charge >= 0.3 is 5.97 Å². The van der Waals surface area contributed by atoms with Crippen LogP contribution >= 0.6 is 0 Å². The number of rotatable bonds is 2. The van der Waals surface area contributed by atoms with Crippen molar-refractivity contribution in [3.8, 4) is 11.4 Å². The first-order valence-electron chi connectivity index (χ1n) is 11.1. The number of aryl methyl sites for hydroxylation is 3. The number of hydrogen-bond acceptors (Lipinski definition) is 5. The Labute approximate surface area is 187 Å². The SMILES string of the molecule is CCC1(OC)C(=O)OCc2c1cc1n(c2=O)Cc2c-1nc1c(C)c(C)c(C)c(C)c1c2C. The van der Waals surface area contributed by atoms with Crippen molar-refractivity contribution in [2.75, 3.05) is 7.11 Å². The molecule has 0 fully saturated rings. The summed E-state index contributed by atoms with van der Waals surface area (Å²) in [5.74, 6) is -0.446. The van der Waals surface area contributed by atoms with E-state index in [0.29, 0.717) is 24.1 Å². The monoisotopic (exact) mass is 432 g/mol. The van der Waals surface area contributed by atoms with Gasteiger partial charge in [0.2, 0.25) is 0 Å². The zero-order valence-electron chi connectivity index (χ0n) is 19.7. The molecule has 0 amide bonds. The first-order valence-corrected chi connectivity index (χ1v) is 11.1. The Balaban J connectivity index is 1.87. The average molecular weight is 433 g/mol. The van der Waals surface area contributed by atoms with Gasteiger partial charge in [-0.3, -0.25) is 4.79 Å². The molecule has 2 aliphatic rings. The molecule has 5 rings (SSSR count). The van der Waals surface area contributed by atoms with Crippen molar-refractivity contribution >= 4 is 16.9 Å². The largest absolute Gasteiger partial charge is 0.458 e. The molecule has 2 aliphatic heterocycles. The van der Waals surface area contributed by atoms with Gasteiger partial charge in [0.25, 0.3) is 5.56 Å². The third-order valence-electron chi connectivity index (χ3n) is 7.91. The molecule has 1 aromatic carbocycles. The highest BCUT2D eigenvalue weighted by Crippen LogP contribution is 2.42. The highest BCUT2D eigenvalue weighted by molar-refractivity contribution is 5.94. The lowest BCUT2D eigenvalue weighted by molar-refractivity contribution is -0.176. The number of pyridine rings is 2. The lowest BCUT2D eigenvalue weighted by Gasteiger charge is -2.35. The van der Waals surface area contributed by atoms with E-state index >= 15 is 0 Å². The molecule has 4 heterocycles. The van der Waals surface area contributed by atoms with Gasteiger partial charge in [-0.05, 0) is 74.9 Å². The molecule has 0 spiro atoms. The van der Waals surface area contributed by atoms with Crippen LogP contribution < -0.4 is 5.56 Å². The molecule has 166 valence electrons. The molecule has 3 aromatic rings. The second-order valence-electron chi connectivity index (χ2n) is 9.06. The van der Waals surface area contributed by atoms with Gasteiger partial charge in [0.15, 0.2) is 5.60 Å². The molecule has 1 atom stereocenters. The predicted molar refractivity (Wildman–Crippen MR) is 123 cm³/mol. The number of hydrogen-bond donors (Lipinski definition) is 0. The van der Waals surface area contributed by atoms with Crippen LogP contribution in [0.2, 0.25) is 0 Å². The summed E-state index contributed by atoms with van der Waals surface area (Å²) < 4.78 is 12.8. The molecule has 1 unspecified atom stereocenters. The summed E-state index contributed by atoms with van der Waals surface area (Å²) in [6.45, 7) is 13.0. The van der Waals surface area contributed by atoms with Crippen LogP contribution in [-0.2, 0) is 33.0 Å². The smallest absolute Gasteiger partial charge is 0.343 e. The van der Waals surface area contributed by atoms with Crippen molar-refractivity contribution in [3.63, 3.8) is 0 Å². The van der Waals surface area contributed by atoms with Crippen LogP contribution in [0.1, 0.15) is 57.9 Å². The lowest BCUT2D eigenvalue weighted by atomic mass is 9.85. The first kappa shape index (κ1) is 20.9. The van der Waals surface area contributed by atoms with E-state index in [4.69, 9.17) is 14.5 Å². The minimum Gasteiger partial charge on any atom is -0.458 e. The number of esters is 1. The quantitative estimate of drug-likeness (QED) is 0.442. The molecule has 0 aliphatic carbocycles. The summed E-state index contributed by atoms with van der Waals surface area (Å²) in [5, 5.41) is 1.17. The van der Waals surface area contributed by atoms with Gasteiger partial charge in [-0.25, -0.2) is 9.78 Å². The number of aromatic nitrogens is 2. The van der Waals surface area contributed by atoms with Crippen LogP contribution in [-0.4, -0.2) is 22.6 Å². The fourth-order valence-electron chi connectivity index (χ4n) is 5.54. The number of fused-ring (bicyclic) bond motifs is 5. The van der Waals surface area contributed by atoms with Gasteiger partial charge in [0.1, 0.15) is 6.61 Å². The fourth-order valence-corrected chi connectivity index (χ4v) is 5.54. The standard InChI is InChI=1S/C26H28N2O4/c1-8-26(31-7)19-9-20-23-17(10-28(20)24(29)18(19)11-32-25(26)30)16(6)21-14(4)12(2)13(3)15(5)22(21)27-23/h9H,8,10-11H2,1-7H3. The van der Waals surface area contributed by atoms with E-state index < -0.39 is 11.6 Å². The number of nitrogens with zero attached hydrogens (tertiary/aromatic N) is 2. The van der Waals surface area contributed by atoms with Crippen LogP contribution in [0.25, 0.3) is 22.3 Å². The Morgan fingerprint density at radius 1 is 1.03 bits per heavy atom. The number of carbonyl (C=O) groups excluding carboxylic acids is 1. The number of methoxy groups -OCH3 is 1. The maximum Gasteiger partial charge on any atom is 0.343 e. The third kappa shape index (κ3) is 2.36. The highest BCUT2D eigenvalue weighted by atomic mass is 16.6. The molecular weight excluding hydrogens is 404 g/mol. The zero-order valence-corrected chi connectivity index (χ0v) is 19.7. The molecule has 32 heavy (non-hydrogen) atoms. The second kappa shape index (κ2) is 6.75. The second-order valence-corrected chi connectivity index (χ2v) is 9.06. The van der Waals surface area contributed by atoms with Crippen molar-refractivity contribution in [3.05, 3.63) is 60.9 Å². The Morgan fingerprint density at radius 2 is 1.72 bits per heavy atom. The van der Waals surface area contributed by atoms with Gasteiger partial charge in [-0.15, -0.1) is 0 Å². The number of ether oxygens (including phenoxy) is 2. The van der Waals surface area contributed by atoms with Gasteiger partial charge < -0.3 is 14.0 Å². The summed E-state index contributed by atoms with van der Waals surface area (Å²) >= 11 is 0. The van der Waals surface area contributed by atoms with E-state index in [1.807, 2.05) is 13.0 Å². The Kier molecular flexibility index (Phi) is 4.41. The summed E-state index contributed by atoms with van der Waals surface area (Å²) in [5.41, 5.74) is 9.40. The fraction of sp³-hybridized carbons (Fsp3) is 0.423. The minimum atomic E-state index is -1.27. The molecule has 6 nitrogen and oxygen atoms in total. The summed E-state index contributed by atoms with van der Waals surface area (Å²) in [6, 6.07) is 1.93. The molecule has 6 heteroatoms. The number of carbonyl (C=O) groups is 1. The van der Waals surface area contributed by atoms with Gasteiger partial charge in [0, 0.05) is 23.6 Å². The molecule has 0 saturated heterocycles. The van der Waals surface area contributed by atoms with Crippen LogP contribution in [0.15, 0.2) is 10.9 Å². The van der Waals surface area contributed by atoms with Crippen LogP contribution in [0.3, 0.4) is 0 Å². The average Bonchev–Trinajstić information content (AvgIpc) is 3.16. The van der Waals surface area contributed by atoms with Crippen molar-refractivity contribution < 1.29 is 14.3 Å². The van der Waals surface area contributed by atoms with E-state index in [1.165, 1.54) is 29.2 Å². The molecule has 0 saturated carbocycles. The van der Waals surface area contributed by atoms with E-state index in [2.05, 4.69) is 34.6 Å². The van der Waals surface area contributed by atoms with Crippen LogP contribution in [0, 0.1) is 34.6 Å². The molecule has 0 bridgehead atoms. The van der Waals surface area contributed by atoms with E-state index in [0.717, 1.165) is 33.6 Å². The first-order chi connectivity index (χ1) is 15.2. The van der Waals surface area contributed by atoms with Crippen LogP contribution in [0.4, 0.5) is 0 Å². The van der Waals surface area contributed by atoms with E-state index in [1.54, 1.807) is 4.57 Å². The maximum atomic E-state index is 13.5. The Hall–Kier alpha value is -2.99. The van der Waals surface area contributed by atoms with E-state index in [9.17, 15) is 9.59 Å². The van der Waals surface area contributed by atoms with Crippen LogP contribution in [0.5, 0.6) is 0 Å². The Morgan fingerprint density at radius 3 is 2.38 bits per heavy atom. The zero-order chi connectivity index (χ0) is 23.1. The minimum absolute atomic E-state index is 0.0280. The van der Waals surface area contributed by atoms with Gasteiger partial charge in [0.05, 0.1) is 29.0 Å². The van der Waals surface area contributed by atoms with Crippen molar-refractivity contribution in [2.24, 2.45) is 0 Å². The summed E-state index contributed by atoms with van der Waals surface area (Å²) in [4.78, 5) is 31.4. The highest BCUT2D eigenvalue weighted by Gasteiger charge is 2.47. The van der Waals surface area contributed by atoms with Crippen molar-refractivity contribution in [2.45, 2.75) is 66.7 Å². The number of cyclic esters (lactones) is 1. The Bertz CT molecular complexity index is 1410. The summed E-state index contributed by atoms with van der Waals surface area (Å²) in [7, 11) is 1.49. The van der Waals surface area contributed by atoms with E-state index in [-0.39, 0.29) is 12.2 Å². The molecule has 0 radical (unpaired) electrons. The predicted octanol–water partition coefficient (Wildman–Crippen LogP) is 4.28. The van der Waals surface area contributed by atoms with Gasteiger partial charge in [-0.1, -0.05) is 6.92 Å². The van der Waals surface area contributed by atoms with Gasteiger partial charge in [-0.2, -0.15) is 0 Å². The third-order valence-corrected chi connectivity index (χ3v) is 7.91. The normalized spacial score (nSPS) is 19.0. The molecular formula is C26H28N2O4. The van der Waals surface area contributed by atoms with Crippen molar-refractivity contribution in [1.82, 2.24) is 9.55 Å². The molecule has 2 aromatic heterocycles. The molecule has 0 N–H and O–H groups in total. The topological polar surface area (TPSA) is 70.4 Å². The lowest BCUT2D eigenvalue weighted by Crippen LogP contribution is -2.45. The maximum absolute atomic E-state index is 13.5. The van der Waals surface area contributed by atoms with Crippen molar-refractivity contribution in [1.29, 1.82) is 0 Å².